The van der Waals surface area contributed by atoms with Gasteiger partial charge in [0.15, 0.2) is 0 Å². The number of carbonyl (C=O) groups is 1. The summed E-state index contributed by atoms with van der Waals surface area (Å²) in [6, 6.07) is 13.9. The lowest BCUT2D eigenvalue weighted by atomic mass is 10.2. The van der Waals surface area contributed by atoms with Crippen LogP contribution in [0.1, 0.15) is 11.4 Å². The average Bonchev–Trinajstić information content (AvgIpc) is 3.02. The van der Waals surface area contributed by atoms with E-state index < -0.39 is 4.92 Å². The number of anilines is 1. The molecule has 0 saturated carbocycles. The molecule has 1 amide bonds. The van der Waals surface area contributed by atoms with Crippen molar-refractivity contribution < 1.29 is 9.72 Å². The molecule has 7 nitrogen and oxygen atoms in total. The van der Waals surface area contributed by atoms with Gasteiger partial charge in [-0.2, -0.15) is 0 Å². The minimum atomic E-state index is -0.485. The first-order chi connectivity index (χ1) is 12.5. The summed E-state index contributed by atoms with van der Waals surface area (Å²) in [6.45, 7) is 1.24. The van der Waals surface area contributed by atoms with E-state index in [0.29, 0.717) is 25.2 Å². The number of hydrogen-bond acceptors (Lipinski definition) is 6. The number of rotatable bonds is 7. The minimum Gasteiger partial charge on any atom is -0.326 e. The first-order valence-corrected chi connectivity index (χ1v) is 8.90. The number of fused-ring (bicyclic) bond motifs is 1. The molecular weight excluding hydrogens is 352 g/mol. The van der Waals surface area contributed by atoms with E-state index in [1.54, 1.807) is 23.5 Å². The zero-order valence-corrected chi connectivity index (χ0v) is 15.0. The van der Waals surface area contributed by atoms with E-state index in [1.165, 1.54) is 12.1 Å². The molecule has 0 radical (unpaired) electrons. The molecule has 8 heteroatoms. The van der Waals surface area contributed by atoms with Gasteiger partial charge in [0, 0.05) is 30.8 Å². The van der Waals surface area contributed by atoms with Gasteiger partial charge in [0.2, 0.25) is 5.91 Å². The maximum atomic E-state index is 12.1. The van der Waals surface area contributed by atoms with E-state index in [1.807, 2.05) is 36.2 Å². The Bertz CT molecular complexity index is 908. The standard InChI is InChI=1S/C18H18N4O3S/c1-21(12-18-20-15-7-2-3-8-16(15)26-18)10-9-17(23)19-13-5-4-6-14(11-13)22(24)25/h2-8,11H,9-10,12H2,1H3,(H,19,23). The molecule has 0 bridgehead atoms. The molecule has 0 unspecified atom stereocenters. The van der Waals surface area contributed by atoms with Crippen LogP contribution in [0.2, 0.25) is 0 Å². The van der Waals surface area contributed by atoms with E-state index in [4.69, 9.17) is 0 Å². The lowest BCUT2D eigenvalue weighted by molar-refractivity contribution is -0.384. The van der Waals surface area contributed by atoms with E-state index in [-0.39, 0.29) is 11.6 Å². The van der Waals surface area contributed by atoms with Crippen LogP contribution in [-0.4, -0.2) is 34.3 Å². The smallest absolute Gasteiger partial charge is 0.271 e. The van der Waals surface area contributed by atoms with Crippen LogP contribution in [0.15, 0.2) is 48.5 Å². The number of amides is 1. The fraction of sp³-hybridized carbons (Fsp3) is 0.222. The van der Waals surface area contributed by atoms with Crippen LogP contribution in [0.4, 0.5) is 11.4 Å². The Morgan fingerprint density at radius 3 is 2.85 bits per heavy atom. The molecule has 1 heterocycles. The molecular formula is C18H18N4O3S. The van der Waals surface area contributed by atoms with Crippen molar-refractivity contribution in [2.45, 2.75) is 13.0 Å². The van der Waals surface area contributed by atoms with Crippen molar-refractivity contribution in [1.82, 2.24) is 9.88 Å². The Balaban J connectivity index is 1.50. The van der Waals surface area contributed by atoms with Gasteiger partial charge in [-0.1, -0.05) is 18.2 Å². The number of aromatic nitrogens is 1. The molecule has 0 aliphatic heterocycles. The molecule has 0 aliphatic rings. The van der Waals surface area contributed by atoms with Crippen LogP contribution in [0.25, 0.3) is 10.2 Å². The second-order valence-electron chi connectivity index (χ2n) is 5.92. The SMILES string of the molecule is CN(CCC(=O)Nc1cccc([N+](=O)[O-])c1)Cc1nc2ccccc2s1. The second-order valence-corrected chi connectivity index (χ2v) is 7.03. The van der Waals surface area contributed by atoms with Gasteiger partial charge in [0.1, 0.15) is 5.01 Å². The largest absolute Gasteiger partial charge is 0.326 e. The number of non-ortho nitro benzene ring substituents is 1. The minimum absolute atomic E-state index is 0.0456. The van der Waals surface area contributed by atoms with E-state index in [0.717, 1.165) is 15.2 Å². The summed E-state index contributed by atoms with van der Waals surface area (Å²) in [4.78, 5) is 29.0. The Labute approximate surface area is 154 Å². The summed E-state index contributed by atoms with van der Waals surface area (Å²) >= 11 is 1.65. The van der Waals surface area contributed by atoms with Gasteiger partial charge < -0.3 is 5.32 Å². The van der Waals surface area contributed by atoms with Crippen LogP contribution in [0.3, 0.4) is 0 Å². The highest BCUT2D eigenvalue weighted by atomic mass is 32.1. The Morgan fingerprint density at radius 2 is 2.08 bits per heavy atom. The summed E-state index contributed by atoms with van der Waals surface area (Å²) in [5.74, 6) is -0.179. The molecule has 26 heavy (non-hydrogen) atoms. The van der Waals surface area contributed by atoms with Crippen molar-refractivity contribution in [3.05, 3.63) is 63.7 Å². The average molecular weight is 370 g/mol. The number of nitrogens with one attached hydrogen (secondary N) is 1. The quantitative estimate of drug-likeness (QED) is 0.506. The summed E-state index contributed by atoms with van der Waals surface area (Å²) < 4.78 is 1.15. The Morgan fingerprint density at radius 1 is 1.27 bits per heavy atom. The normalized spacial score (nSPS) is 11.0. The highest BCUT2D eigenvalue weighted by Crippen LogP contribution is 2.22. The maximum Gasteiger partial charge on any atom is 0.271 e. The number of nitro groups is 1. The summed E-state index contributed by atoms with van der Waals surface area (Å²) in [7, 11) is 1.94. The molecule has 1 aromatic heterocycles. The number of nitro benzene ring substituents is 1. The summed E-state index contributed by atoms with van der Waals surface area (Å²) in [5.41, 5.74) is 1.37. The van der Waals surface area contributed by atoms with Crippen molar-refractivity contribution >= 4 is 38.8 Å². The first-order valence-electron chi connectivity index (χ1n) is 8.08. The monoisotopic (exact) mass is 370 g/mol. The fourth-order valence-electron chi connectivity index (χ4n) is 2.51. The van der Waals surface area contributed by atoms with Gasteiger partial charge in [0.05, 0.1) is 21.7 Å². The lowest BCUT2D eigenvalue weighted by Gasteiger charge is -2.14. The second kappa shape index (κ2) is 8.03. The summed E-state index contributed by atoms with van der Waals surface area (Å²) in [6.07, 6.45) is 0.296. The van der Waals surface area contributed by atoms with E-state index >= 15 is 0 Å². The molecule has 0 atom stereocenters. The van der Waals surface area contributed by atoms with Crippen molar-refractivity contribution in [3.8, 4) is 0 Å². The van der Waals surface area contributed by atoms with Gasteiger partial charge >= 0.3 is 0 Å². The van der Waals surface area contributed by atoms with Gasteiger partial charge in [-0.05, 0) is 25.2 Å². The third-order valence-corrected chi connectivity index (χ3v) is 4.83. The van der Waals surface area contributed by atoms with Gasteiger partial charge in [-0.15, -0.1) is 11.3 Å². The highest BCUT2D eigenvalue weighted by molar-refractivity contribution is 7.18. The fourth-order valence-corrected chi connectivity index (χ4v) is 3.56. The number of benzene rings is 2. The molecule has 0 fully saturated rings. The van der Waals surface area contributed by atoms with Crippen molar-refractivity contribution in [2.24, 2.45) is 0 Å². The summed E-state index contributed by atoms with van der Waals surface area (Å²) in [5, 5.41) is 14.5. The van der Waals surface area contributed by atoms with Gasteiger partial charge in [-0.3, -0.25) is 19.8 Å². The van der Waals surface area contributed by atoms with Gasteiger partial charge in [-0.25, -0.2) is 4.98 Å². The van der Waals surface area contributed by atoms with Gasteiger partial charge in [0.25, 0.3) is 5.69 Å². The zero-order valence-electron chi connectivity index (χ0n) is 14.2. The molecule has 0 saturated heterocycles. The molecule has 3 rings (SSSR count). The first kappa shape index (κ1) is 18.0. The van der Waals surface area contributed by atoms with E-state index in [9.17, 15) is 14.9 Å². The molecule has 134 valence electrons. The number of para-hydroxylation sites is 1. The molecule has 0 aliphatic carbocycles. The van der Waals surface area contributed by atoms with Crippen LogP contribution >= 0.6 is 11.3 Å². The molecule has 1 N–H and O–H groups in total. The zero-order chi connectivity index (χ0) is 18.5. The van der Waals surface area contributed by atoms with Crippen molar-refractivity contribution in [2.75, 3.05) is 18.9 Å². The molecule has 3 aromatic rings. The van der Waals surface area contributed by atoms with Crippen molar-refractivity contribution in [1.29, 1.82) is 0 Å². The lowest BCUT2D eigenvalue weighted by Crippen LogP contribution is -2.24. The molecule has 0 spiro atoms. The van der Waals surface area contributed by atoms with Crippen LogP contribution < -0.4 is 5.32 Å². The molecule has 2 aromatic carbocycles. The van der Waals surface area contributed by atoms with Crippen molar-refractivity contribution in [3.63, 3.8) is 0 Å². The third-order valence-electron chi connectivity index (χ3n) is 3.80. The third kappa shape index (κ3) is 4.62. The highest BCUT2D eigenvalue weighted by Gasteiger charge is 2.11. The number of hydrogen-bond donors (Lipinski definition) is 1. The predicted octanol–water partition coefficient (Wildman–Crippen LogP) is 3.67. The Kier molecular flexibility index (Phi) is 5.55. The van der Waals surface area contributed by atoms with Crippen LogP contribution in [0, 0.1) is 10.1 Å². The Hall–Kier alpha value is -2.84. The topological polar surface area (TPSA) is 88.4 Å². The maximum absolute atomic E-state index is 12.1. The number of carbonyl (C=O) groups excluding carboxylic acids is 1. The van der Waals surface area contributed by atoms with Crippen LogP contribution in [0.5, 0.6) is 0 Å². The number of nitrogens with zero attached hydrogens (tertiary/aromatic N) is 3. The number of thiazole rings is 1. The van der Waals surface area contributed by atoms with E-state index in [2.05, 4.69) is 10.3 Å². The van der Waals surface area contributed by atoms with Crippen LogP contribution in [-0.2, 0) is 11.3 Å². The predicted molar refractivity (Wildman–Crippen MR) is 102 cm³/mol.